The molecule has 0 spiro atoms. The third kappa shape index (κ3) is 6.47. The summed E-state index contributed by atoms with van der Waals surface area (Å²) in [7, 11) is -3.17. The number of fused-ring (bicyclic) bond motifs is 1. The molecule has 7 heteroatoms. The number of hydrazine groups is 1. The van der Waals surface area contributed by atoms with Gasteiger partial charge in [-0.3, -0.25) is 5.43 Å². The molecule has 3 N–H and O–H groups in total. The monoisotopic (exact) mass is 460 g/mol. The second kappa shape index (κ2) is 11.2. The van der Waals surface area contributed by atoms with Crippen LogP contribution in [0.5, 0.6) is 11.5 Å². The molecular formula is C25H36N2O4S. The summed E-state index contributed by atoms with van der Waals surface area (Å²) in [6.07, 6.45) is 9.34. The third-order valence-corrected chi connectivity index (χ3v) is 7.44. The van der Waals surface area contributed by atoms with Crippen LogP contribution in [0.4, 0.5) is 0 Å². The van der Waals surface area contributed by atoms with E-state index >= 15 is 0 Å². The van der Waals surface area contributed by atoms with Gasteiger partial charge in [-0.15, -0.1) is 0 Å². The fraction of sp³-hybridized carbons (Fsp3) is 0.520. The number of aromatic hydroxyl groups is 2. The van der Waals surface area contributed by atoms with E-state index < -0.39 is 9.84 Å². The molecule has 0 saturated heterocycles. The van der Waals surface area contributed by atoms with Crippen LogP contribution in [0.25, 0.3) is 0 Å². The van der Waals surface area contributed by atoms with E-state index in [4.69, 9.17) is 0 Å². The smallest absolute Gasteiger partial charge is 0.175 e. The normalized spacial score (nSPS) is 16.3. The standard InChI is InChI=1S/C25H36N2O4S/c1-3-4-5-6-17-27(21-10-13-23-20(18-21)9-14-24(28)25(23)29)26-16-15-19-7-11-22(12-8-19)32(2,30)31/h7-9,11-12,14,21,26,28-29H,3-6,10,13,15-18H2,1-2H3. The van der Waals surface area contributed by atoms with Crippen LogP contribution in [0.15, 0.2) is 41.3 Å². The molecule has 32 heavy (non-hydrogen) atoms. The number of hydrogen-bond donors (Lipinski definition) is 3. The number of hydrogen-bond acceptors (Lipinski definition) is 6. The van der Waals surface area contributed by atoms with Crippen molar-refractivity contribution in [3.63, 3.8) is 0 Å². The van der Waals surface area contributed by atoms with E-state index in [2.05, 4.69) is 17.4 Å². The Morgan fingerprint density at radius 1 is 1.06 bits per heavy atom. The number of nitrogens with one attached hydrogen (secondary N) is 1. The van der Waals surface area contributed by atoms with Gasteiger partial charge in [0.05, 0.1) is 4.90 Å². The van der Waals surface area contributed by atoms with Gasteiger partial charge in [0, 0.05) is 31.0 Å². The second-order valence-corrected chi connectivity index (χ2v) is 10.8. The largest absolute Gasteiger partial charge is 0.504 e. The maximum Gasteiger partial charge on any atom is 0.175 e. The van der Waals surface area contributed by atoms with Crippen molar-refractivity contribution < 1.29 is 18.6 Å². The quantitative estimate of drug-likeness (QED) is 0.267. The lowest BCUT2D eigenvalue weighted by atomic mass is 9.87. The average molecular weight is 461 g/mol. The van der Waals surface area contributed by atoms with Gasteiger partial charge in [-0.1, -0.05) is 44.4 Å². The minimum absolute atomic E-state index is 0.0287. The Morgan fingerprint density at radius 2 is 1.81 bits per heavy atom. The van der Waals surface area contributed by atoms with Crippen LogP contribution in [0.1, 0.15) is 55.7 Å². The van der Waals surface area contributed by atoms with Crippen molar-refractivity contribution >= 4 is 9.84 Å². The molecule has 0 aromatic heterocycles. The summed E-state index contributed by atoms with van der Waals surface area (Å²) in [4.78, 5) is 0.349. The number of sulfone groups is 1. The summed E-state index contributed by atoms with van der Waals surface area (Å²) < 4.78 is 23.3. The Labute approximate surface area is 192 Å². The van der Waals surface area contributed by atoms with E-state index in [1.807, 2.05) is 18.2 Å². The summed E-state index contributed by atoms with van der Waals surface area (Å²) in [6, 6.07) is 11.0. The van der Waals surface area contributed by atoms with E-state index in [1.54, 1.807) is 18.2 Å². The summed E-state index contributed by atoms with van der Waals surface area (Å²) in [6.45, 7) is 3.96. The number of unbranched alkanes of at least 4 members (excludes halogenated alkanes) is 3. The molecule has 0 radical (unpaired) electrons. The van der Waals surface area contributed by atoms with Gasteiger partial charge in [0.15, 0.2) is 21.3 Å². The molecule has 1 unspecified atom stereocenters. The maximum atomic E-state index is 11.6. The number of phenols is 2. The minimum atomic E-state index is -3.17. The van der Waals surface area contributed by atoms with E-state index in [-0.39, 0.29) is 11.5 Å². The molecule has 0 saturated carbocycles. The van der Waals surface area contributed by atoms with Crippen molar-refractivity contribution in [2.45, 2.75) is 69.2 Å². The van der Waals surface area contributed by atoms with Crippen molar-refractivity contribution in [1.29, 1.82) is 0 Å². The molecular weight excluding hydrogens is 424 g/mol. The first-order chi connectivity index (χ1) is 15.3. The Hall–Kier alpha value is -2.09. The van der Waals surface area contributed by atoms with Crippen LogP contribution in [-0.4, -0.2) is 49.0 Å². The van der Waals surface area contributed by atoms with Gasteiger partial charge < -0.3 is 10.2 Å². The summed E-state index contributed by atoms with van der Waals surface area (Å²) in [5.74, 6) is -0.0143. The van der Waals surface area contributed by atoms with Crippen molar-refractivity contribution in [2.24, 2.45) is 0 Å². The average Bonchev–Trinajstić information content (AvgIpc) is 2.77. The summed E-state index contributed by atoms with van der Waals surface area (Å²) in [5, 5.41) is 22.3. The van der Waals surface area contributed by atoms with Gasteiger partial charge in [-0.2, -0.15) is 0 Å². The molecule has 0 fully saturated rings. The van der Waals surface area contributed by atoms with Crippen molar-refractivity contribution in [3.8, 4) is 11.5 Å². The Morgan fingerprint density at radius 3 is 2.50 bits per heavy atom. The SMILES string of the molecule is CCCCCCN(NCCc1ccc(S(C)(=O)=O)cc1)C1CCc2c(ccc(O)c2O)C1. The van der Waals surface area contributed by atoms with E-state index in [0.29, 0.717) is 10.9 Å². The molecule has 176 valence electrons. The molecule has 2 aromatic carbocycles. The van der Waals surface area contributed by atoms with Crippen LogP contribution in [0.3, 0.4) is 0 Å². The van der Waals surface area contributed by atoms with Gasteiger partial charge >= 0.3 is 0 Å². The Bertz CT molecular complexity index is 990. The van der Waals surface area contributed by atoms with Crippen molar-refractivity contribution in [3.05, 3.63) is 53.1 Å². The number of benzene rings is 2. The highest BCUT2D eigenvalue weighted by molar-refractivity contribution is 7.90. The third-order valence-electron chi connectivity index (χ3n) is 6.31. The van der Waals surface area contributed by atoms with Gasteiger partial charge in [-0.05, 0) is 61.4 Å². The summed E-state index contributed by atoms with van der Waals surface area (Å²) in [5.41, 5.74) is 6.70. The molecule has 1 atom stereocenters. The van der Waals surface area contributed by atoms with Crippen LogP contribution in [-0.2, 0) is 29.1 Å². The lowest BCUT2D eigenvalue weighted by Gasteiger charge is -2.36. The molecule has 6 nitrogen and oxygen atoms in total. The Kier molecular flexibility index (Phi) is 8.57. The van der Waals surface area contributed by atoms with Gasteiger partial charge in [0.25, 0.3) is 0 Å². The van der Waals surface area contributed by atoms with E-state index in [1.165, 1.54) is 25.5 Å². The molecule has 0 amide bonds. The van der Waals surface area contributed by atoms with Crippen LogP contribution >= 0.6 is 0 Å². The Balaban J connectivity index is 1.62. The fourth-order valence-electron chi connectivity index (χ4n) is 4.42. The first-order valence-corrected chi connectivity index (χ1v) is 13.5. The second-order valence-electron chi connectivity index (χ2n) is 8.80. The molecule has 1 aliphatic rings. The zero-order valence-corrected chi connectivity index (χ0v) is 20.0. The van der Waals surface area contributed by atoms with E-state index in [0.717, 1.165) is 61.9 Å². The van der Waals surface area contributed by atoms with Crippen LogP contribution < -0.4 is 5.43 Å². The number of phenolic OH excluding ortho intramolecular Hbond substituents is 2. The highest BCUT2D eigenvalue weighted by Crippen LogP contribution is 2.36. The lowest BCUT2D eigenvalue weighted by molar-refractivity contribution is 0.109. The van der Waals surface area contributed by atoms with Crippen molar-refractivity contribution in [2.75, 3.05) is 19.3 Å². The molecule has 0 bridgehead atoms. The van der Waals surface area contributed by atoms with Crippen molar-refractivity contribution in [1.82, 2.24) is 10.4 Å². The predicted octanol–water partition coefficient (Wildman–Crippen LogP) is 3.99. The highest BCUT2D eigenvalue weighted by atomic mass is 32.2. The predicted molar refractivity (Wildman–Crippen MR) is 128 cm³/mol. The lowest BCUT2D eigenvalue weighted by Crippen LogP contribution is -2.49. The highest BCUT2D eigenvalue weighted by Gasteiger charge is 2.26. The van der Waals surface area contributed by atoms with Crippen LogP contribution in [0.2, 0.25) is 0 Å². The topological polar surface area (TPSA) is 89.9 Å². The van der Waals surface area contributed by atoms with Gasteiger partial charge in [-0.25, -0.2) is 13.4 Å². The molecule has 3 rings (SSSR count). The zero-order chi connectivity index (χ0) is 23.1. The van der Waals surface area contributed by atoms with Gasteiger partial charge in [0.1, 0.15) is 0 Å². The van der Waals surface area contributed by atoms with E-state index in [9.17, 15) is 18.6 Å². The molecule has 1 aliphatic carbocycles. The maximum absolute atomic E-state index is 11.6. The number of nitrogens with zero attached hydrogens (tertiary/aromatic N) is 1. The first-order valence-electron chi connectivity index (χ1n) is 11.6. The molecule has 0 heterocycles. The first kappa shape index (κ1) is 24.6. The summed E-state index contributed by atoms with van der Waals surface area (Å²) >= 11 is 0. The number of rotatable bonds is 11. The molecule has 2 aromatic rings. The van der Waals surface area contributed by atoms with Crippen LogP contribution in [0, 0.1) is 0 Å². The van der Waals surface area contributed by atoms with Gasteiger partial charge in [0.2, 0.25) is 0 Å². The zero-order valence-electron chi connectivity index (χ0n) is 19.2. The minimum Gasteiger partial charge on any atom is -0.504 e. The fourth-order valence-corrected chi connectivity index (χ4v) is 5.05. The molecule has 0 aliphatic heterocycles.